The number of hydrogen-bond donors (Lipinski definition) is 0. The molecule has 0 saturated carbocycles. The Morgan fingerprint density at radius 2 is 0.456 bits per heavy atom. The molecule has 0 spiro atoms. The van der Waals surface area contributed by atoms with Crippen LogP contribution in [0.15, 0.2) is 48.6 Å². The van der Waals surface area contributed by atoms with Crippen LogP contribution in [0.3, 0.4) is 0 Å². The quantitative estimate of drug-likeness (QED) is 0.0261. The Labute approximate surface area is 492 Å². The zero-order chi connectivity index (χ0) is 57.1. The number of carbonyl (C=O) groups is 3. The summed E-state index contributed by atoms with van der Waals surface area (Å²) in [6.07, 6.45) is 85.6. The third-order valence-electron chi connectivity index (χ3n) is 15.8. The van der Waals surface area contributed by atoms with E-state index in [1.165, 1.54) is 270 Å². The van der Waals surface area contributed by atoms with Gasteiger partial charge in [-0.05, 0) is 103 Å². The summed E-state index contributed by atoms with van der Waals surface area (Å²) in [7, 11) is 0. The van der Waals surface area contributed by atoms with Gasteiger partial charge in [-0.3, -0.25) is 14.4 Å². The predicted molar refractivity (Wildman–Crippen MR) is 344 cm³/mol. The van der Waals surface area contributed by atoms with Crippen molar-refractivity contribution >= 4 is 17.9 Å². The van der Waals surface area contributed by atoms with Gasteiger partial charge in [-0.15, -0.1) is 0 Å². The van der Waals surface area contributed by atoms with Gasteiger partial charge in [0.15, 0.2) is 6.10 Å². The first kappa shape index (κ1) is 76.4. The molecule has 0 saturated heterocycles. The summed E-state index contributed by atoms with van der Waals surface area (Å²) in [6, 6.07) is 0. The fraction of sp³-hybridized carbons (Fsp3) is 0.849. The van der Waals surface area contributed by atoms with E-state index < -0.39 is 6.10 Å². The van der Waals surface area contributed by atoms with Crippen molar-refractivity contribution in [1.29, 1.82) is 0 Å². The predicted octanol–water partition coefficient (Wildman–Crippen LogP) is 24.1. The highest BCUT2D eigenvalue weighted by atomic mass is 16.6. The van der Waals surface area contributed by atoms with Crippen LogP contribution in [0.5, 0.6) is 0 Å². The number of ether oxygens (including phenoxy) is 3. The van der Waals surface area contributed by atoms with Crippen LogP contribution in [0.1, 0.15) is 380 Å². The van der Waals surface area contributed by atoms with E-state index in [0.717, 1.165) is 70.6 Å². The maximum atomic E-state index is 12.9. The molecule has 0 aliphatic heterocycles. The van der Waals surface area contributed by atoms with Crippen LogP contribution in [0, 0.1) is 0 Å². The van der Waals surface area contributed by atoms with Crippen molar-refractivity contribution in [1.82, 2.24) is 0 Å². The summed E-state index contributed by atoms with van der Waals surface area (Å²) in [5.74, 6) is -0.860. The maximum absolute atomic E-state index is 12.9. The highest BCUT2D eigenvalue weighted by Gasteiger charge is 2.19. The maximum Gasteiger partial charge on any atom is 0.306 e. The number of rotatable bonds is 65. The highest BCUT2D eigenvalue weighted by molar-refractivity contribution is 5.71. The SMILES string of the molecule is CCCCCC/C=C\CCCCCCCC(=O)OCC(COC(=O)CCCCCCCCCCCCCCC/C=C\C/C=C\CCCCCCC)OC(=O)CCCCCCCCCCCCC/C=C\CCCCCCCCCC. The topological polar surface area (TPSA) is 78.9 Å². The van der Waals surface area contributed by atoms with Crippen LogP contribution in [0.25, 0.3) is 0 Å². The van der Waals surface area contributed by atoms with Crippen molar-refractivity contribution in [2.75, 3.05) is 13.2 Å². The number of esters is 3. The first-order chi connectivity index (χ1) is 39.0. The normalized spacial score (nSPS) is 12.3. The van der Waals surface area contributed by atoms with Crippen LogP contribution in [0.4, 0.5) is 0 Å². The summed E-state index contributed by atoms with van der Waals surface area (Å²) in [5.41, 5.74) is 0. The third kappa shape index (κ3) is 66.1. The molecule has 0 fully saturated rings. The van der Waals surface area contributed by atoms with Gasteiger partial charge in [0, 0.05) is 19.3 Å². The molecule has 0 aliphatic carbocycles. The minimum atomic E-state index is -0.777. The molecule has 6 nitrogen and oxygen atoms in total. The lowest BCUT2D eigenvalue weighted by atomic mass is 10.0. The molecule has 0 aromatic carbocycles. The molecule has 0 bridgehead atoms. The summed E-state index contributed by atoms with van der Waals surface area (Å²) < 4.78 is 17.0. The minimum Gasteiger partial charge on any atom is -0.462 e. The van der Waals surface area contributed by atoms with Crippen molar-refractivity contribution in [2.24, 2.45) is 0 Å². The highest BCUT2D eigenvalue weighted by Crippen LogP contribution is 2.18. The summed E-state index contributed by atoms with van der Waals surface area (Å²) >= 11 is 0. The molecule has 6 heteroatoms. The molecular formula is C73H134O6. The average molecular weight is 1110 g/mol. The van der Waals surface area contributed by atoms with Gasteiger partial charge >= 0.3 is 17.9 Å². The van der Waals surface area contributed by atoms with Crippen molar-refractivity contribution in [2.45, 2.75) is 386 Å². The van der Waals surface area contributed by atoms with Crippen LogP contribution < -0.4 is 0 Å². The van der Waals surface area contributed by atoms with Crippen LogP contribution in [-0.4, -0.2) is 37.2 Å². The van der Waals surface area contributed by atoms with E-state index in [1.54, 1.807) is 0 Å². The Bertz CT molecular complexity index is 1360. The monoisotopic (exact) mass is 1110 g/mol. The Morgan fingerprint density at radius 3 is 0.722 bits per heavy atom. The third-order valence-corrected chi connectivity index (χ3v) is 15.8. The Hall–Kier alpha value is -2.63. The molecule has 0 amide bonds. The zero-order valence-corrected chi connectivity index (χ0v) is 53.2. The van der Waals surface area contributed by atoms with E-state index >= 15 is 0 Å². The molecule has 0 aliphatic rings. The van der Waals surface area contributed by atoms with Crippen molar-refractivity contribution in [3.8, 4) is 0 Å². The smallest absolute Gasteiger partial charge is 0.306 e. The number of hydrogen-bond acceptors (Lipinski definition) is 6. The molecule has 0 rings (SSSR count). The number of unbranched alkanes of at least 4 members (excludes halogenated alkanes) is 46. The van der Waals surface area contributed by atoms with Gasteiger partial charge in [-0.25, -0.2) is 0 Å². The Kier molecular flexibility index (Phi) is 65.6. The molecule has 1 unspecified atom stereocenters. The Balaban J connectivity index is 4.25. The number of allylic oxidation sites excluding steroid dienone is 8. The van der Waals surface area contributed by atoms with Crippen LogP contribution >= 0.6 is 0 Å². The zero-order valence-electron chi connectivity index (χ0n) is 53.2. The second kappa shape index (κ2) is 67.9. The van der Waals surface area contributed by atoms with E-state index in [-0.39, 0.29) is 31.1 Å². The fourth-order valence-corrected chi connectivity index (χ4v) is 10.5. The molecule has 0 radical (unpaired) electrons. The molecule has 0 aromatic heterocycles. The average Bonchev–Trinajstić information content (AvgIpc) is 3.45. The molecule has 0 N–H and O–H groups in total. The second-order valence-corrected chi connectivity index (χ2v) is 23.8. The Morgan fingerprint density at radius 1 is 0.253 bits per heavy atom. The molecular weight excluding hydrogens is 973 g/mol. The van der Waals surface area contributed by atoms with Crippen molar-refractivity contribution in [3.05, 3.63) is 48.6 Å². The first-order valence-electron chi connectivity index (χ1n) is 35.1. The van der Waals surface area contributed by atoms with E-state index in [4.69, 9.17) is 14.2 Å². The molecule has 79 heavy (non-hydrogen) atoms. The van der Waals surface area contributed by atoms with E-state index in [9.17, 15) is 14.4 Å². The van der Waals surface area contributed by atoms with Gasteiger partial charge in [0.2, 0.25) is 0 Å². The number of carbonyl (C=O) groups excluding carboxylic acids is 3. The minimum absolute atomic E-state index is 0.0731. The summed E-state index contributed by atoms with van der Waals surface area (Å²) in [4.78, 5) is 38.4. The summed E-state index contributed by atoms with van der Waals surface area (Å²) in [5, 5.41) is 0. The lowest BCUT2D eigenvalue weighted by Crippen LogP contribution is -2.30. The molecule has 0 aromatic rings. The van der Waals surface area contributed by atoms with Gasteiger partial charge in [-0.1, -0.05) is 307 Å². The van der Waals surface area contributed by atoms with Gasteiger partial charge in [0.05, 0.1) is 0 Å². The van der Waals surface area contributed by atoms with Gasteiger partial charge < -0.3 is 14.2 Å². The molecule has 1 atom stereocenters. The van der Waals surface area contributed by atoms with E-state index in [1.807, 2.05) is 0 Å². The van der Waals surface area contributed by atoms with E-state index in [0.29, 0.717) is 19.3 Å². The van der Waals surface area contributed by atoms with Crippen molar-refractivity contribution in [3.63, 3.8) is 0 Å². The van der Waals surface area contributed by atoms with Gasteiger partial charge in [0.1, 0.15) is 13.2 Å². The van der Waals surface area contributed by atoms with E-state index in [2.05, 4.69) is 69.4 Å². The van der Waals surface area contributed by atoms with Crippen molar-refractivity contribution < 1.29 is 28.6 Å². The van der Waals surface area contributed by atoms with Crippen LogP contribution in [0.2, 0.25) is 0 Å². The lowest BCUT2D eigenvalue weighted by Gasteiger charge is -2.18. The van der Waals surface area contributed by atoms with Gasteiger partial charge in [-0.2, -0.15) is 0 Å². The van der Waals surface area contributed by atoms with Gasteiger partial charge in [0.25, 0.3) is 0 Å². The second-order valence-electron chi connectivity index (χ2n) is 23.8. The summed E-state index contributed by atoms with van der Waals surface area (Å²) in [6.45, 7) is 6.67. The molecule has 462 valence electrons. The standard InChI is InChI=1S/C73H134O6/c1-4-7-10-13-16-19-22-25-27-29-31-33-35-36-38-39-41-43-45-48-51-54-57-60-63-66-72(75)78-69-70(68-77-71(74)65-62-59-56-53-50-47-24-21-18-15-12-9-6-3)79-73(76)67-64-61-58-55-52-49-46-44-42-40-37-34-32-30-28-26-23-20-17-14-11-8-5-2/h21-22,24-25,29-32,70H,4-20,23,26-28,33-69H2,1-3H3/b24-21-,25-22-,31-29-,32-30-. The van der Waals surface area contributed by atoms with Crippen LogP contribution in [-0.2, 0) is 28.6 Å². The lowest BCUT2D eigenvalue weighted by molar-refractivity contribution is -0.167. The fourth-order valence-electron chi connectivity index (χ4n) is 10.5. The largest absolute Gasteiger partial charge is 0.462 e. The first-order valence-corrected chi connectivity index (χ1v) is 35.1. The molecule has 0 heterocycles.